The fraction of sp³-hybridized carbons (Fsp3) is 0.348. The first-order valence-electron chi connectivity index (χ1n) is 10.0. The molecule has 0 aromatic heterocycles. The summed E-state index contributed by atoms with van der Waals surface area (Å²) in [5, 5.41) is 2.74. The van der Waals surface area contributed by atoms with Gasteiger partial charge in [-0.3, -0.25) is 9.59 Å². The van der Waals surface area contributed by atoms with E-state index >= 15 is 0 Å². The first kappa shape index (κ1) is 22.1. The molecule has 0 bridgehead atoms. The summed E-state index contributed by atoms with van der Waals surface area (Å²) in [7, 11) is 3.09. The van der Waals surface area contributed by atoms with Crippen molar-refractivity contribution in [2.24, 2.45) is 0 Å². The summed E-state index contributed by atoms with van der Waals surface area (Å²) in [4.78, 5) is 38.5. The summed E-state index contributed by atoms with van der Waals surface area (Å²) in [6.07, 6.45) is 0.321. The van der Waals surface area contributed by atoms with Crippen LogP contribution in [0.25, 0.3) is 0 Å². The van der Waals surface area contributed by atoms with Crippen LogP contribution in [-0.2, 0) is 20.9 Å². The lowest BCUT2D eigenvalue weighted by atomic mass is 10.2. The van der Waals surface area contributed by atoms with Crippen molar-refractivity contribution < 1.29 is 28.6 Å². The van der Waals surface area contributed by atoms with E-state index in [0.29, 0.717) is 30.2 Å². The molecule has 1 heterocycles. The zero-order valence-electron chi connectivity index (χ0n) is 17.8. The first-order chi connectivity index (χ1) is 14.9. The fourth-order valence-electron chi connectivity index (χ4n) is 3.33. The molecule has 2 amide bonds. The average Bonchev–Trinajstić information content (AvgIpc) is 3.22. The van der Waals surface area contributed by atoms with Gasteiger partial charge < -0.3 is 24.4 Å². The van der Waals surface area contributed by atoms with Gasteiger partial charge in [0.25, 0.3) is 5.91 Å². The number of methoxy groups -OCH3 is 2. The second-order valence-corrected chi connectivity index (χ2v) is 7.15. The maximum absolute atomic E-state index is 12.5. The molecule has 0 radical (unpaired) electrons. The highest BCUT2D eigenvalue weighted by atomic mass is 16.5. The molecule has 1 aliphatic heterocycles. The lowest BCUT2D eigenvalue weighted by Gasteiger charge is -2.17. The van der Waals surface area contributed by atoms with Crippen molar-refractivity contribution in [2.75, 3.05) is 25.7 Å². The number of esters is 1. The van der Waals surface area contributed by atoms with Crippen LogP contribution in [0.1, 0.15) is 35.7 Å². The van der Waals surface area contributed by atoms with E-state index in [9.17, 15) is 14.4 Å². The molecular weight excluding hydrogens is 400 g/mol. The van der Waals surface area contributed by atoms with E-state index in [-0.39, 0.29) is 18.0 Å². The number of carbonyl (C=O) groups excluding carboxylic acids is 3. The number of ether oxygens (including phenoxy) is 3. The Labute approximate surface area is 181 Å². The Morgan fingerprint density at radius 2 is 1.87 bits per heavy atom. The van der Waals surface area contributed by atoms with Crippen LogP contribution in [0.3, 0.4) is 0 Å². The van der Waals surface area contributed by atoms with E-state index in [1.807, 2.05) is 6.07 Å². The summed E-state index contributed by atoms with van der Waals surface area (Å²) in [5.41, 5.74) is 1.76. The van der Waals surface area contributed by atoms with Gasteiger partial charge in [-0.25, -0.2) is 4.79 Å². The van der Waals surface area contributed by atoms with Crippen molar-refractivity contribution in [2.45, 2.75) is 32.4 Å². The number of anilines is 1. The van der Waals surface area contributed by atoms with Gasteiger partial charge in [-0.2, -0.15) is 0 Å². The number of hydrogen-bond donors (Lipinski definition) is 1. The van der Waals surface area contributed by atoms with Gasteiger partial charge in [-0.15, -0.1) is 0 Å². The van der Waals surface area contributed by atoms with Gasteiger partial charge in [0, 0.05) is 25.2 Å². The Bertz CT molecular complexity index is 974. The lowest BCUT2D eigenvalue weighted by Crippen LogP contribution is -2.35. The molecule has 31 heavy (non-hydrogen) atoms. The zero-order valence-corrected chi connectivity index (χ0v) is 17.8. The Kier molecular flexibility index (Phi) is 7.12. The van der Waals surface area contributed by atoms with Crippen LogP contribution >= 0.6 is 0 Å². The molecule has 0 aliphatic carbocycles. The molecule has 3 rings (SSSR count). The minimum atomic E-state index is -0.982. The van der Waals surface area contributed by atoms with Crippen molar-refractivity contribution >= 4 is 23.5 Å². The monoisotopic (exact) mass is 426 g/mol. The molecule has 8 heteroatoms. The fourth-order valence-corrected chi connectivity index (χ4v) is 3.33. The second kappa shape index (κ2) is 9.97. The van der Waals surface area contributed by atoms with Gasteiger partial charge in [0.2, 0.25) is 5.91 Å². The number of amides is 2. The van der Waals surface area contributed by atoms with E-state index in [1.165, 1.54) is 14.0 Å². The molecule has 2 aromatic rings. The molecule has 1 atom stereocenters. The van der Waals surface area contributed by atoms with Crippen LogP contribution < -0.4 is 19.7 Å². The molecule has 164 valence electrons. The smallest absolute Gasteiger partial charge is 0.338 e. The lowest BCUT2D eigenvalue weighted by molar-refractivity contribution is -0.129. The number of rotatable bonds is 8. The Morgan fingerprint density at radius 1 is 1.10 bits per heavy atom. The van der Waals surface area contributed by atoms with Gasteiger partial charge in [0.05, 0.1) is 19.8 Å². The van der Waals surface area contributed by atoms with E-state index in [2.05, 4.69) is 5.32 Å². The third-order valence-corrected chi connectivity index (χ3v) is 5.03. The van der Waals surface area contributed by atoms with Gasteiger partial charge in [0.15, 0.2) is 17.6 Å². The van der Waals surface area contributed by atoms with Crippen LogP contribution in [0.5, 0.6) is 11.5 Å². The van der Waals surface area contributed by atoms with Gasteiger partial charge >= 0.3 is 5.97 Å². The average molecular weight is 426 g/mol. The van der Waals surface area contributed by atoms with Gasteiger partial charge in [-0.1, -0.05) is 12.1 Å². The zero-order chi connectivity index (χ0) is 22.4. The molecule has 2 aromatic carbocycles. The summed E-state index contributed by atoms with van der Waals surface area (Å²) < 4.78 is 15.8. The van der Waals surface area contributed by atoms with Crippen molar-refractivity contribution in [3.05, 3.63) is 53.6 Å². The van der Waals surface area contributed by atoms with Crippen molar-refractivity contribution in [1.82, 2.24) is 5.32 Å². The Hall–Kier alpha value is -3.55. The van der Waals surface area contributed by atoms with E-state index in [4.69, 9.17) is 14.2 Å². The van der Waals surface area contributed by atoms with Crippen molar-refractivity contribution in [3.8, 4) is 11.5 Å². The quantitative estimate of drug-likeness (QED) is 0.653. The highest BCUT2D eigenvalue weighted by Crippen LogP contribution is 2.27. The van der Waals surface area contributed by atoms with Gasteiger partial charge in [-0.05, 0) is 49.2 Å². The SMILES string of the molecule is COc1ccc(CNC(=O)C(C)OC(=O)c2cccc(N3CCCC3=O)c2)cc1OC. The largest absolute Gasteiger partial charge is 0.493 e. The number of hydrogen-bond acceptors (Lipinski definition) is 6. The normalized spacial score (nSPS) is 14.2. The maximum atomic E-state index is 12.5. The molecule has 0 spiro atoms. The van der Waals surface area contributed by atoms with E-state index < -0.39 is 18.0 Å². The Morgan fingerprint density at radius 3 is 2.55 bits per heavy atom. The van der Waals surface area contributed by atoms with Crippen molar-refractivity contribution in [3.63, 3.8) is 0 Å². The molecule has 8 nitrogen and oxygen atoms in total. The number of benzene rings is 2. The van der Waals surface area contributed by atoms with Crippen molar-refractivity contribution in [1.29, 1.82) is 0 Å². The summed E-state index contributed by atoms with van der Waals surface area (Å²) in [5.74, 6) is 0.146. The van der Waals surface area contributed by atoms with Gasteiger partial charge in [0.1, 0.15) is 0 Å². The third-order valence-electron chi connectivity index (χ3n) is 5.03. The van der Waals surface area contributed by atoms with Crippen LogP contribution in [0.2, 0.25) is 0 Å². The molecular formula is C23H26N2O6. The predicted molar refractivity (Wildman–Crippen MR) is 114 cm³/mol. The van der Waals surface area contributed by atoms with Crippen LogP contribution in [0.4, 0.5) is 5.69 Å². The molecule has 1 aliphatic rings. The van der Waals surface area contributed by atoms with Crippen LogP contribution in [-0.4, -0.2) is 44.7 Å². The van der Waals surface area contributed by atoms with E-state index in [0.717, 1.165) is 12.0 Å². The highest BCUT2D eigenvalue weighted by Gasteiger charge is 2.23. The molecule has 0 saturated carbocycles. The predicted octanol–water partition coefficient (Wildman–Crippen LogP) is 2.69. The molecule has 1 fully saturated rings. The number of nitrogens with one attached hydrogen (secondary N) is 1. The summed E-state index contributed by atoms with van der Waals surface area (Å²) >= 11 is 0. The number of carbonyl (C=O) groups is 3. The first-order valence-corrected chi connectivity index (χ1v) is 10.0. The minimum absolute atomic E-state index is 0.0356. The molecule has 1 saturated heterocycles. The van der Waals surface area contributed by atoms with Crippen LogP contribution in [0.15, 0.2) is 42.5 Å². The van der Waals surface area contributed by atoms with Crippen LogP contribution in [0, 0.1) is 0 Å². The van der Waals surface area contributed by atoms with E-state index in [1.54, 1.807) is 48.4 Å². The summed E-state index contributed by atoms with van der Waals surface area (Å²) in [6, 6.07) is 12.0. The molecule has 1 N–H and O–H groups in total. The topological polar surface area (TPSA) is 94.2 Å². The maximum Gasteiger partial charge on any atom is 0.338 e. The summed E-state index contributed by atoms with van der Waals surface area (Å²) in [6.45, 7) is 2.38. The molecule has 1 unspecified atom stereocenters. The highest BCUT2D eigenvalue weighted by molar-refractivity contribution is 5.98. The standard InChI is InChI=1S/C23H26N2O6/c1-15(22(27)24-14-16-9-10-19(29-2)20(12-16)30-3)31-23(28)17-6-4-7-18(13-17)25-11-5-8-21(25)26/h4,6-7,9-10,12-13,15H,5,8,11,14H2,1-3H3,(H,24,27). The third kappa shape index (κ3) is 5.33. The number of nitrogens with zero attached hydrogens (tertiary/aromatic N) is 1. The minimum Gasteiger partial charge on any atom is -0.493 e. The second-order valence-electron chi connectivity index (χ2n) is 7.15. The Balaban J connectivity index is 1.57.